The van der Waals surface area contributed by atoms with E-state index in [0.717, 1.165) is 28.3 Å². The molecule has 1 aliphatic heterocycles. The molecule has 0 unspecified atom stereocenters. The molecule has 0 aliphatic carbocycles. The number of halogens is 1. The standard InChI is InChI=1S/C15H13ClN2O/c16-13-4-2-1-3-11(13)7-10-5-6-14-12(8-10)9-17-15(19)18-14/h1-6,8H,7,9H2,(H2,17,18,19). The monoisotopic (exact) mass is 272 g/mol. The van der Waals surface area contributed by atoms with Crippen LogP contribution in [0.15, 0.2) is 42.5 Å². The van der Waals surface area contributed by atoms with E-state index in [4.69, 9.17) is 11.6 Å². The quantitative estimate of drug-likeness (QED) is 0.862. The largest absolute Gasteiger partial charge is 0.334 e. The molecule has 3 nitrogen and oxygen atoms in total. The third-order valence-corrected chi connectivity index (χ3v) is 3.58. The van der Waals surface area contributed by atoms with E-state index in [1.165, 1.54) is 5.56 Å². The lowest BCUT2D eigenvalue weighted by molar-refractivity contribution is 0.251. The van der Waals surface area contributed by atoms with Crippen LogP contribution >= 0.6 is 11.6 Å². The summed E-state index contributed by atoms with van der Waals surface area (Å²) in [5.74, 6) is 0. The molecule has 0 radical (unpaired) electrons. The number of carbonyl (C=O) groups excluding carboxylic acids is 1. The minimum Gasteiger partial charge on any atom is -0.334 e. The predicted molar refractivity (Wildman–Crippen MR) is 76.6 cm³/mol. The molecule has 2 N–H and O–H groups in total. The van der Waals surface area contributed by atoms with Gasteiger partial charge in [0.1, 0.15) is 0 Å². The highest BCUT2D eigenvalue weighted by molar-refractivity contribution is 6.31. The Bertz CT molecular complexity index is 640. The molecule has 0 fully saturated rings. The minimum atomic E-state index is -0.147. The zero-order valence-corrected chi connectivity index (χ0v) is 11.0. The van der Waals surface area contributed by atoms with E-state index in [-0.39, 0.29) is 6.03 Å². The van der Waals surface area contributed by atoms with Crippen LogP contribution in [-0.4, -0.2) is 6.03 Å². The second-order valence-electron chi connectivity index (χ2n) is 4.57. The number of amides is 2. The molecule has 4 heteroatoms. The summed E-state index contributed by atoms with van der Waals surface area (Å²) in [7, 11) is 0. The number of urea groups is 1. The molecule has 96 valence electrons. The van der Waals surface area contributed by atoms with E-state index >= 15 is 0 Å². The van der Waals surface area contributed by atoms with Gasteiger partial charge in [-0.2, -0.15) is 0 Å². The molecule has 2 aromatic carbocycles. The Labute approximate surface area is 116 Å². The summed E-state index contributed by atoms with van der Waals surface area (Å²) in [4.78, 5) is 11.2. The molecule has 0 atom stereocenters. The molecule has 2 amide bonds. The average molecular weight is 273 g/mol. The van der Waals surface area contributed by atoms with Crippen LogP contribution in [0.2, 0.25) is 5.02 Å². The lowest BCUT2D eigenvalue weighted by Gasteiger charge is -2.19. The van der Waals surface area contributed by atoms with Crippen LogP contribution in [0.4, 0.5) is 10.5 Å². The smallest absolute Gasteiger partial charge is 0.319 e. The molecule has 0 aromatic heterocycles. The second-order valence-corrected chi connectivity index (χ2v) is 4.97. The van der Waals surface area contributed by atoms with Crippen molar-refractivity contribution in [2.24, 2.45) is 0 Å². The van der Waals surface area contributed by atoms with Gasteiger partial charge in [-0.15, -0.1) is 0 Å². The Morgan fingerprint density at radius 2 is 2.00 bits per heavy atom. The van der Waals surface area contributed by atoms with Gasteiger partial charge in [-0.1, -0.05) is 41.9 Å². The predicted octanol–water partition coefficient (Wildman–Crippen LogP) is 3.57. The summed E-state index contributed by atoms with van der Waals surface area (Å²) in [5.41, 5.74) is 4.28. The van der Waals surface area contributed by atoms with E-state index in [9.17, 15) is 4.79 Å². The van der Waals surface area contributed by atoms with Crippen molar-refractivity contribution >= 4 is 23.3 Å². The van der Waals surface area contributed by atoms with Gasteiger partial charge in [0, 0.05) is 17.3 Å². The Hall–Kier alpha value is -2.00. The van der Waals surface area contributed by atoms with Gasteiger partial charge >= 0.3 is 6.03 Å². The van der Waals surface area contributed by atoms with Gasteiger partial charge in [0.05, 0.1) is 0 Å². The summed E-state index contributed by atoms with van der Waals surface area (Å²) in [6.07, 6.45) is 0.793. The van der Waals surface area contributed by atoms with Crippen molar-refractivity contribution < 1.29 is 4.79 Å². The lowest BCUT2D eigenvalue weighted by Crippen LogP contribution is -2.33. The first kappa shape index (κ1) is 12.1. The molecular formula is C15H13ClN2O. The highest BCUT2D eigenvalue weighted by atomic mass is 35.5. The number of nitrogens with one attached hydrogen (secondary N) is 2. The van der Waals surface area contributed by atoms with Crippen LogP contribution in [0, 0.1) is 0 Å². The fourth-order valence-electron chi connectivity index (χ4n) is 2.23. The number of fused-ring (bicyclic) bond motifs is 1. The van der Waals surface area contributed by atoms with Gasteiger partial charge in [-0.05, 0) is 35.2 Å². The number of hydrogen-bond acceptors (Lipinski definition) is 1. The maximum Gasteiger partial charge on any atom is 0.319 e. The fourth-order valence-corrected chi connectivity index (χ4v) is 2.43. The van der Waals surface area contributed by atoms with Crippen molar-refractivity contribution in [3.05, 3.63) is 64.2 Å². The van der Waals surface area contributed by atoms with E-state index in [1.54, 1.807) is 0 Å². The number of hydrogen-bond donors (Lipinski definition) is 2. The molecule has 0 saturated carbocycles. The zero-order valence-electron chi connectivity index (χ0n) is 10.2. The Morgan fingerprint density at radius 1 is 1.16 bits per heavy atom. The van der Waals surface area contributed by atoms with Crippen molar-refractivity contribution in [3.8, 4) is 0 Å². The summed E-state index contributed by atoms with van der Waals surface area (Å²) in [6.45, 7) is 0.567. The van der Waals surface area contributed by atoms with E-state index < -0.39 is 0 Å². The van der Waals surface area contributed by atoms with Gasteiger partial charge in [0.15, 0.2) is 0 Å². The third kappa shape index (κ3) is 2.56. The first-order chi connectivity index (χ1) is 9.22. The molecule has 19 heavy (non-hydrogen) atoms. The fraction of sp³-hybridized carbons (Fsp3) is 0.133. The van der Waals surface area contributed by atoms with Crippen molar-refractivity contribution in [3.63, 3.8) is 0 Å². The average Bonchev–Trinajstić information content (AvgIpc) is 2.41. The van der Waals surface area contributed by atoms with Gasteiger partial charge in [0.25, 0.3) is 0 Å². The highest BCUT2D eigenvalue weighted by Gasteiger charge is 2.13. The Kier molecular flexibility index (Phi) is 3.13. The Morgan fingerprint density at radius 3 is 2.84 bits per heavy atom. The van der Waals surface area contributed by atoms with Gasteiger partial charge in [-0.3, -0.25) is 0 Å². The molecular weight excluding hydrogens is 260 g/mol. The molecule has 3 rings (SSSR count). The topological polar surface area (TPSA) is 41.1 Å². The van der Waals surface area contributed by atoms with E-state index in [0.29, 0.717) is 6.54 Å². The van der Waals surface area contributed by atoms with Crippen molar-refractivity contribution in [2.45, 2.75) is 13.0 Å². The first-order valence-electron chi connectivity index (χ1n) is 6.12. The first-order valence-corrected chi connectivity index (χ1v) is 6.50. The third-order valence-electron chi connectivity index (χ3n) is 3.21. The molecule has 0 spiro atoms. The van der Waals surface area contributed by atoms with Crippen molar-refractivity contribution in [1.29, 1.82) is 0 Å². The van der Waals surface area contributed by atoms with Crippen molar-refractivity contribution in [2.75, 3.05) is 5.32 Å². The molecule has 0 bridgehead atoms. The SMILES string of the molecule is O=C1NCc2cc(Cc3ccccc3Cl)ccc2N1. The number of benzene rings is 2. The van der Waals surface area contributed by atoms with Gasteiger partial charge < -0.3 is 10.6 Å². The summed E-state index contributed by atoms with van der Waals surface area (Å²) >= 11 is 6.17. The number of rotatable bonds is 2. The van der Waals surface area contributed by atoms with Crippen LogP contribution in [0.25, 0.3) is 0 Å². The van der Waals surface area contributed by atoms with Gasteiger partial charge in [-0.25, -0.2) is 4.79 Å². The molecule has 1 heterocycles. The van der Waals surface area contributed by atoms with Crippen LogP contribution in [-0.2, 0) is 13.0 Å². The maximum atomic E-state index is 11.2. The van der Waals surface area contributed by atoms with Crippen LogP contribution in [0.3, 0.4) is 0 Å². The minimum absolute atomic E-state index is 0.147. The van der Waals surface area contributed by atoms with Crippen molar-refractivity contribution in [1.82, 2.24) is 5.32 Å². The summed E-state index contributed by atoms with van der Waals surface area (Å²) in [6, 6.07) is 13.8. The highest BCUT2D eigenvalue weighted by Crippen LogP contribution is 2.24. The van der Waals surface area contributed by atoms with Crippen LogP contribution < -0.4 is 10.6 Å². The van der Waals surface area contributed by atoms with E-state index in [2.05, 4.69) is 16.7 Å². The normalized spacial score (nSPS) is 13.4. The lowest BCUT2D eigenvalue weighted by atomic mass is 10.0. The Balaban J connectivity index is 1.87. The molecule has 1 aliphatic rings. The summed E-state index contributed by atoms with van der Waals surface area (Å²) in [5, 5.41) is 6.33. The zero-order chi connectivity index (χ0) is 13.2. The molecule has 2 aromatic rings. The maximum absolute atomic E-state index is 11.2. The van der Waals surface area contributed by atoms with E-state index in [1.807, 2.05) is 36.4 Å². The van der Waals surface area contributed by atoms with Gasteiger partial charge in [0.2, 0.25) is 0 Å². The number of anilines is 1. The van der Waals surface area contributed by atoms with Crippen LogP contribution in [0.1, 0.15) is 16.7 Å². The number of carbonyl (C=O) groups is 1. The second kappa shape index (κ2) is 4.94. The van der Waals surface area contributed by atoms with Crippen LogP contribution in [0.5, 0.6) is 0 Å². The summed E-state index contributed by atoms with van der Waals surface area (Å²) < 4.78 is 0. The molecule has 0 saturated heterocycles.